The molecule has 2 rings (SSSR count). The van der Waals surface area contributed by atoms with Crippen LogP contribution in [-0.4, -0.2) is 33.3 Å². The Morgan fingerprint density at radius 1 is 0.958 bits per heavy atom. The van der Waals surface area contributed by atoms with Crippen LogP contribution < -0.4 is 20.5 Å². The SMILES string of the molecule is COc1ccc(CCNC(N)=NCCc2ccccc2)cc1OC. The summed E-state index contributed by atoms with van der Waals surface area (Å²) in [6, 6.07) is 16.2. The van der Waals surface area contributed by atoms with Gasteiger partial charge in [0.15, 0.2) is 17.5 Å². The Labute approximate surface area is 143 Å². The van der Waals surface area contributed by atoms with E-state index in [1.165, 1.54) is 5.56 Å². The van der Waals surface area contributed by atoms with E-state index in [1.807, 2.05) is 36.4 Å². The van der Waals surface area contributed by atoms with Gasteiger partial charge < -0.3 is 20.5 Å². The molecule has 0 aliphatic rings. The maximum atomic E-state index is 5.90. The van der Waals surface area contributed by atoms with E-state index in [1.54, 1.807) is 14.2 Å². The molecule has 128 valence electrons. The Kier molecular flexibility index (Phi) is 6.95. The summed E-state index contributed by atoms with van der Waals surface area (Å²) < 4.78 is 10.5. The summed E-state index contributed by atoms with van der Waals surface area (Å²) in [5, 5.41) is 3.14. The molecule has 24 heavy (non-hydrogen) atoms. The summed E-state index contributed by atoms with van der Waals surface area (Å²) in [4.78, 5) is 4.35. The summed E-state index contributed by atoms with van der Waals surface area (Å²) in [6.45, 7) is 1.40. The van der Waals surface area contributed by atoms with E-state index >= 15 is 0 Å². The molecule has 3 N–H and O–H groups in total. The molecule has 0 saturated carbocycles. The highest BCUT2D eigenvalue weighted by Gasteiger charge is 2.04. The minimum Gasteiger partial charge on any atom is -0.493 e. The molecule has 0 aliphatic carbocycles. The first-order valence-corrected chi connectivity index (χ1v) is 8.01. The first kappa shape index (κ1) is 17.7. The van der Waals surface area contributed by atoms with Crippen LogP contribution in [0.15, 0.2) is 53.5 Å². The van der Waals surface area contributed by atoms with Crippen molar-refractivity contribution in [1.82, 2.24) is 5.32 Å². The summed E-state index contributed by atoms with van der Waals surface area (Å²) in [5.74, 6) is 1.95. The Hall–Kier alpha value is -2.69. The van der Waals surface area contributed by atoms with Gasteiger partial charge in [-0.15, -0.1) is 0 Å². The van der Waals surface area contributed by atoms with Gasteiger partial charge in [-0.2, -0.15) is 0 Å². The van der Waals surface area contributed by atoms with Crippen LogP contribution in [-0.2, 0) is 12.8 Å². The van der Waals surface area contributed by atoms with Crippen molar-refractivity contribution in [2.24, 2.45) is 10.7 Å². The molecule has 0 saturated heterocycles. The maximum absolute atomic E-state index is 5.90. The van der Waals surface area contributed by atoms with Gasteiger partial charge in [-0.05, 0) is 36.1 Å². The number of guanidine groups is 1. The molecule has 0 aromatic heterocycles. The van der Waals surface area contributed by atoms with Crippen LogP contribution >= 0.6 is 0 Å². The molecule has 0 bridgehead atoms. The number of aliphatic imine (C=N–C) groups is 1. The van der Waals surface area contributed by atoms with Crippen LogP contribution in [0.1, 0.15) is 11.1 Å². The third kappa shape index (κ3) is 5.50. The van der Waals surface area contributed by atoms with Crippen molar-refractivity contribution in [1.29, 1.82) is 0 Å². The number of hydrogen-bond acceptors (Lipinski definition) is 3. The monoisotopic (exact) mass is 327 g/mol. The first-order valence-electron chi connectivity index (χ1n) is 8.01. The van der Waals surface area contributed by atoms with Crippen molar-refractivity contribution >= 4 is 5.96 Å². The van der Waals surface area contributed by atoms with E-state index in [4.69, 9.17) is 15.2 Å². The predicted molar refractivity (Wildman–Crippen MR) is 97.9 cm³/mol. The van der Waals surface area contributed by atoms with Gasteiger partial charge in [0.05, 0.1) is 14.2 Å². The van der Waals surface area contributed by atoms with Gasteiger partial charge in [0.1, 0.15) is 0 Å². The van der Waals surface area contributed by atoms with Gasteiger partial charge >= 0.3 is 0 Å². The molecule has 0 aliphatic heterocycles. The van der Waals surface area contributed by atoms with Gasteiger partial charge in [-0.25, -0.2) is 0 Å². The second-order valence-corrected chi connectivity index (χ2v) is 5.37. The Morgan fingerprint density at radius 3 is 2.42 bits per heavy atom. The van der Waals surface area contributed by atoms with E-state index in [2.05, 4.69) is 22.4 Å². The summed E-state index contributed by atoms with van der Waals surface area (Å²) in [6.07, 6.45) is 1.72. The highest BCUT2D eigenvalue weighted by Crippen LogP contribution is 2.27. The zero-order valence-electron chi connectivity index (χ0n) is 14.3. The molecular weight excluding hydrogens is 302 g/mol. The number of nitrogens with two attached hydrogens (primary N) is 1. The van der Waals surface area contributed by atoms with Crippen LogP contribution in [0.5, 0.6) is 11.5 Å². The lowest BCUT2D eigenvalue weighted by Crippen LogP contribution is -2.33. The molecule has 0 spiro atoms. The number of rotatable bonds is 8. The Morgan fingerprint density at radius 2 is 1.71 bits per heavy atom. The molecule has 2 aromatic carbocycles. The smallest absolute Gasteiger partial charge is 0.188 e. The largest absolute Gasteiger partial charge is 0.493 e. The molecule has 5 nitrogen and oxygen atoms in total. The molecule has 0 heterocycles. The number of ether oxygens (including phenoxy) is 2. The van der Waals surface area contributed by atoms with Gasteiger partial charge in [0.25, 0.3) is 0 Å². The van der Waals surface area contributed by atoms with E-state index in [-0.39, 0.29) is 0 Å². The van der Waals surface area contributed by atoms with E-state index in [0.717, 1.165) is 36.4 Å². The lowest BCUT2D eigenvalue weighted by molar-refractivity contribution is 0.354. The molecule has 5 heteroatoms. The maximum Gasteiger partial charge on any atom is 0.188 e. The number of methoxy groups -OCH3 is 2. The summed E-state index contributed by atoms with van der Waals surface area (Å²) in [5.41, 5.74) is 8.31. The fraction of sp³-hybridized carbons (Fsp3) is 0.316. The Balaban J connectivity index is 1.75. The van der Waals surface area contributed by atoms with Crippen LogP contribution in [0.4, 0.5) is 0 Å². The van der Waals surface area contributed by atoms with Crippen molar-refractivity contribution in [2.45, 2.75) is 12.8 Å². The molecule has 0 atom stereocenters. The molecule has 0 radical (unpaired) electrons. The fourth-order valence-electron chi connectivity index (χ4n) is 2.38. The highest BCUT2D eigenvalue weighted by atomic mass is 16.5. The third-order valence-corrected chi connectivity index (χ3v) is 3.69. The molecule has 2 aromatic rings. The normalized spacial score (nSPS) is 11.2. The minimum atomic E-state index is 0.478. The van der Waals surface area contributed by atoms with Gasteiger partial charge in [0, 0.05) is 13.1 Å². The zero-order chi connectivity index (χ0) is 17.2. The van der Waals surface area contributed by atoms with Gasteiger partial charge in [-0.3, -0.25) is 4.99 Å². The van der Waals surface area contributed by atoms with Crippen molar-refractivity contribution < 1.29 is 9.47 Å². The quantitative estimate of drug-likeness (QED) is 0.577. The topological polar surface area (TPSA) is 68.9 Å². The van der Waals surface area contributed by atoms with Gasteiger partial charge in [-0.1, -0.05) is 36.4 Å². The standard InChI is InChI=1S/C19H25N3O2/c1-23-17-9-8-16(14-18(17)24-2)11-13-22-19(20)21-12-10-15-6-4-3-5-7-15/h3-9,14H,10-13H2,1-2H3,(H3,20,21,22). The number of benzene rings is 2. The number of nitrogens with one attached hydrogen (secondary N) is 1. The highest BCUT2D eigenvalue weighted by molar-refractivity contribution is 5.77. The van der Waals surface area contributed by atoms with Crippen LogP contribution in [0, 0.1) is 0 Å². The van der Waals surface area contributed by atoms with Gasteiger partial charge in [0.2, 0.25) is 0 Å². The molecular formula is C19H25N3O2. The Bertz CT molecular complexity index is 657. The second kappa shape index (κ2) is 9.45. The molecule has 0 amide bonds. The van der Waals surface area contributed by atoms with Crippen LogP contribution in [0.3, 0.4) is 0 Å². The molecule has 0 fully saturated rings. The third-order valence-electron chi connectivity index (χ3n) is 3.69. The van der Waals surface area contributed by atoms with Crippen molar-refractivity contribution in [3.05, 3.63) is 59.7 Å². The zero-order valence-corrected chi connectivity index (χ0v) is 14.3. The van der Waals surface area contributed by atoms with Crippen LogP contribution in [0.2, 0.25) is 0 Å². The summed E-state index contributed by atoms with van der Waals surface area (Å²) >= 11 is 0. The average Bonchev–Trinajstić information content (AvgIpc) is 2.62. The van der Waals surface area contributed by atoms with E-state index in [9.17, 15) is 0 Å². The lowest BCUT2D eigenvalue weighted by Gasteiger charge is -2.10. The fourth-order valence-corrected chi connectivity index (χ4v) is 2.38. The number of nitrogens with zero attached hydrogens (tertiary/aromatic N) is 1. The number of hydrogen-bond donors (Lipinski definition) is 2. The molecule has 0 unspecified atom stereocenters. The summed E-state index contributed by atoms with van der Waals surface area (Å²) in [7, 11) is 3.27. The average molecular weight is 327 g/mol. The minimum absolute atomic E-state index is 0.478. The van der Waals surface area contributed by atoms with Crippen molar-refractivity contribution in [3.8, 4) is 11.5 Å². The van der Waals surface area contributed by atoms with E-state index in [0.29, 0.717) is 12.5 Å². The van der Waals surface area contributed by atoms with E-state index < -0.39 is 0 Å². The van der Waals surface area contributed by atoms with Crippen molar-refractivity contribution in [3.63, 3.8) is 0 Å². The van der Waals surface area contributed by atoms with Crippen molar-refractivity contribution in [2.75, 3.05) is 27.3 Å². The predicted octanol–water partition coefficient (Wildman–Crippen LogP) is 2.39. The van der Waals surface area contributed by atoms with Crippen LogP contribution in [0.25, 0.3) is 0 Å². The second-order valence-electron chi connectivity index (χ2n) is 5.37. The first-order chi connectivity index (χ1) is 11.7. The lowest BCUT2D eigenvalue weighted by atomic mass is 10.1.